The van der Waals surface area contributed by atoms with Crippen LogP contribution in [0.5, 0.6) is 0 Å². The lowest BCUT2D eigenvalue weighted by atomic mass is 9.99. The molecule has 1 aromatic rings. The van der Waals surface area contributed by atoms with Crippen molar-refractivity contribution in [1.29, 1.82) is 0 Å². The highest BCUT2D eigenvalue weighted by molar-refractivity contribution is 5.21. The molecule has 0 aliphatic rings. The molecule has 2 heteroatoms. The van der Waals surface area contributed by atoms with Gasteiger partial charge in [0.05, 0.1) is 6.61 Å². The SMILES string of the molecule is CCOCC(CNC(C)C)Cc1ccc(C)cc1. The lowest BCUT2D eigenvalue weighted by molar-refractivity contribution is 0.109. The van der Waals surface area contributed by atoms with E-state index in [4.69, 9.17) is 4.74 Å². The number of nitrogens with one attached hydrogen (secondary N) is 1. The summed E-state index contributed by atoms with van der Waals surface area (Å²) in [6.45, 7) is 11.2. The van der Waals surface area contributed by atoms with E-state index in [1.54, 1.807) is 0 Å². The van der Waals surface area contributed by atoms with Crippen LogP contribution < -0.4 is 5.32 Å². The van der Waals surface area contributed by atoms with Gasteiger partial charge in [-0.3, -0.25) is 0 Å². The molecule has 0 heterocycles. The van der Waals surface area contributed by atoms with Crippen LogP contribution in [0.4, 0.5) is 0 Å². The zero-order valence-corrected chi connectivity index (χ0v) is 12.2. The minimum absolute atomic E-state index is 0.534. The van der Waals surface area contributed by atoms with Gasteiger partial charge in [-0.1, -0.05) is 43.7 Å². The quantitative estimate of drug-likeness (QED) is 0.764. The topological polar surface area (TPSA) is 21.3 Å². The zero-order chi connectivity index (χ0) is 13.4. The van der Waals surface area contributed by atoms with E-state index in [0.717, 1.165) is 26.2 Å². The molecule has 0 bridgehead atoms. The average molecular weight is 249 g/mol. The summed E-state index contributed by atoms with van der Waals surface area (Å²) in [5, 5.41) is 3.51. The number of rotatable bonds is 8. The van der Waals surface area contributed by atoms with Gasteiger partial charge in [-0.05, 0) is 31.7 Å². The van der Waals surface area contributed by atoms with E-state index in [9.17, 15) is 0 Å². The van der Waals surface area contributed by atoms with Gasteiger partial charge in [0.15, 0.2) is 0 Å². The van der Waals surface area contributed by atoms with Gasteiger partial charge in [-0.25, -0.2) is 0 Å². The summed E-state index contributed by atoms with van der Waals surface area (Å²) in [6.07, 6.45) is 1.08. The van der Waals surface area contributed by atoms with Gasteiger partial charge in [-0.2, -0.15) is 0 Å². The third kappa shape index (κ3) is 6.18. The van der Waals surface area contributed by atoms with Gasteiger partial charge in [0.1, 0.15) is 0 Å². The first kappa shape index (κ1) is 15.2. The predicted molar refractivity (Wildman–Crippen MR) is 78.0 cm³/mol. The summed E-state index contributed by atoms with van der Waals surface area (Å²) < 4.78 is 5.58. The van der Waals surface area contributed by atoms with Gasteiger partial charge in [0.25, 0.3) is 0 Å². The molecule has 1 atom stereocenters. The molecule has 1 rings (SSSR count). The number of hydrogen-bond acceptors (Lipinski definition) is 2. The fraction of sp³-hybridized carbons (Fsp3) is 0.625. The van der Waals surface area contributed by atoms with Crippen LogP contribution in [0.1, 0.15) is 31.9 Å². The van der Waals surface area contributed by atoms with Crippen LogP contribution in [0.25, 0.3) is 0 Å². The maximum Gasteiger partial charge on any atom is 0.0509 e. The minimum atomic E-state index is 0.534. The molecule has 1 unspecified atom stereocenters. The van der Waals surface area contributed by atoms with Gasteiger partial charge >= 0.3 is 0 Å². The van der Waals surface area contributed by atoms with Crippen LogP contribution >= 0.6 is 0 Å². The molecule has 1 aromatic carbocycles. The van der Waals surface area contributed by atoms with Crippen molar-refractivity contribution in [2.24, 2.45) is 5.92 Å². The molecule has 0 saturated carbocycles. The Labute approximate surface area is 112 Å². The molecule has 102 valence electrons. The predicted octanol–water partition coefficient (Wildman–Crippen LogP) is 3.19. The Morgan fingerprint density at radius 2 is 1.83 bits per heavy atom. The number of ether oxygens (including phenoxy) is 1. The normalized spacial score (nSPS) is 12.9. The lowest BCUT2D eigenvalue weighted by Crippen LogP contribution is -2.32. The van der Waals surface area contributed by atoms with Crippen molar-refractivity contribution < 1.29 is 4.74 Å². The third-order valence-electron chi connectivity index (χ3n) is 3.02. The summed E-state index contributed by atoms with van der Waals surface area (Å²) in [5.41, 5.74) is 2.72. The Bertz CT molecular complexity index is 318. The Morgan fingerprint density at radius 3 is 2.39 bits per heavy atom. The average Bonchev–Trinajstić information content (AvgIpc) is 2.35. The molecule has 0 aliphatic heterocycles. The number of aryl methyl sites for hydroxylation is 1. The lowest BCUT2D eigenvalue weighted by Gasteiger charge is -2.19. The van der Waals surface area contributed by atoms with Crippen molar-refractivity contribution in [2.45, 2.75) is 40.2 Å². The van der Waals surface area contributed by atoms with E-state index in [2.05, 4.69) is 57.3 Å². The molecule has 18 heavy (non-hydrogen) atoms. The maximum absolute atomic E-state index is 5.58. The maximum atomic E-state index is 5.58. The second-order valence-electron chi connectivity index (χ2n) is 5.28. The van der Waals surface area contributed by atoms with Crippen molar-refractivity contribution in [3.63, 3.8) is 0 Å². The van der Waals surface area contributed by atoms with Crippen LogP contribution in [0.3, 0.4) is 0 Å². The van der Waals surface area contributed by atoms with Crippen molar-refractivity contribution in [3.8, 4) is 0 Å². The zero-order valence-electron chi connectivity index (χ0n) is 12.2. The molecule has 0 radical (unpaired) electrons. The number of hydrogen-bond donors (Lipinski definition) is 1. The standard InChI is InChI=1S/C16H27NO/c1-5-18-12-16(11-17-13(2)3)10-15-8-6-14(4)7-9-15/h6-9,13,16-17H,5,10-12H2,1-4H3. The van der Waals surface area contributed by atoms with E-state index >= 15 is 0 Å². The molecule has 2 nitrogen and oxygen atoms in total. The highest BCUT2D eigenvalue weighted by Crippen LogP contribution is 2.10. The van der Waals surface area contributed by atoms with E-state index in [-0.39, 0.29) is 0 Å². The first-order chi connectivity index (χ1) is 8.61. The fourth-order valence-corrected chi connectivity index (χ4v) is 1.93. The Morgan fingerprint density at radius 1 is 1.17 bits per heavy atom. The van der Waals surface area contributed by atoms with Crippen LogP contribution in [0.2, 0.25) is 0 Å². The first-order valence-electron chi connectivity index (χ1n) is 6.98. The molecule has 0 fully saturated rings. The molecule has 1 N–H and O–H groups in total. The molecule has 0 saturated heterocycles. The Hall–Kier alpha value is -0.860. The third-order valence-corrected chi connectivity index (χ3v) is 3.02. The van der Waals surface area contributed by atoms with Crippen LogP contribution in [-0.2, 0) is 11.2 Å². The van der Waals surface area contributed by atoms with E-state index in [0.29, 0.717) is 12.0 Å². The molecule has 0 amide bonds. The van der Waals surface area contributed by atoms with Crippen molar-refractivity contribution in [2.75, 3.05) is 19.8 Å². The van der Waals surface area contributed by atoms with Crippen molar-refractivity contribution in [1.82, 2.24) is 5.32 Å². The van der Waals surface area contributed by atoms with Crippen LogP contribution in [0.15, 0.2) is 24.3 Å². The molecule has 0 aliphatic carbocycles. The van der Waals surface area contributed by atoms with Gasteiger partial charge in [0, 0.05) is 19.2 Å². The van der Waals surface area contributed by atoms with E-state index in [1.807, 2.05) is 0 Å². The van der Waals surface area contributed by atoms with E-state index in [1.165, 1.54) is 11.1 Å². The summed E-state index contributed by atoms with van der Waals surface area (Å²) in [6, 6.07) is 9.35. The second kappa shape index (κ2) is 8.28. The molecule has 0 spiro atoms. The van der Waals surface area contributed by atoms with Crippen LogP contribution in [0, 0.1) is 12.8 Å². The van der Waals surface area contributed by atoms with Crippen molar-refractivity contribution in [3.05, 3.63) is 35.4 Å². The van der Waals surface area contributed by atoms with Crippen LogP contribution in [-0.4, -0.2) is 25.8 Å². The van der Waals surface area contributed by atoms with Gasteiger partial charge in [0.2, 0.25) is 0 Å². The Kier molecular flexibility index (Phi) is 6.99. The number of benzene rings is 1. The summed E-state index contributed by atoms with van der Waals surface area (Å²) in [7, 11) is 0. The van der Waals surface area contributed by atoms with E-state index < -0.39 is 0 Å². The molecule has 0 aromatic heterocycles. The van der Waals surface area contributed by atoms with Gasteiger partial charge < -0.3 is 10.1 Å². The Balaban J connectivity index is 2.50. The van der Waals surface area contributed by atoms with Gasteiger partial charge in [-0.15, -0.1) is 0 Å². The largest absolute Gasteiger partial charge is 0.381 e. The monoisotopic (exact) mass is 249 g/mol. The second-order valence-corrected chi connectivity index (χ2v) is 5.28. The summed E-state index contributed by atoms with van der Waals surface area (Å²) in [5.74, 6) is 0.551. The minimum Gasteiger partial charge on any atom is -0.381 e. The molecular formula is C16H27NO. The smallest absolute Gasteiger partial charge is 0.0509 e. The molecular weight excluding hydrogens is 222 g/mol. The summed E-state index contributed by atoms with van der Waals surface area (Å²) >= 11 is 0. The van der Waals surface area contributed by atoms with Crippen molar-refractivity contribution >= 4 is 0 Å². The first-order valence-corrected chi connectivity index (χ1v) is 6.98. The summed E-state index contributed by atoms with van der Waals surface area (Å²) in [4.78, 5) is 0. The fourth-order valence-electron chi connectivity index (χ4n) is 1.93. The highest BCUT2D eigenvalue weighted by atomic mass is 16.5. The highest BCUT2D eigenvalue weighted by Gasteiger charge is 2.10.